The predicted octanol–water partition coefficient (Wildman–Crippen LogP) is 4.11. The summed E-state index contributed by atoms with van der Waals surface area (Å²) in [4.78, 5) is 13.7. The minimum absolute atomic E-state index is 0.119. The van der Waals surface area contributed by atoms with E-state index in [1.807, 2.05) is 0 Å². The van der Waals surface area contributed by atoms with Crippen molar-refractivity contribution >= 4 is 40.3 Å². The number of thiocarbonyl (C=S) groups is 1. The van der Waals surface area contributed by atoms with E-state index in [1.54, 1.807) is 6.92 Å². The van der Waals surface area contributed by atoms with E-state index in [4.69, 9.17) is 12.2 Å². The smallest absolute Gasteiger partial charge is 0.387 e. The van der Waals surface area contributed by atoms with Gasteiger partial charge in [0.25, 0.3) is 5.91 Å². The quantitative estimate of drug-likeness (QED) is 0.421. The summed E-state index contributed by atoms with van der Waals surface area (Å²) in [7, 11) is 0. The van der Waals surface area contributed by atoms with Gasteiger partial charge in [0.2, 0.25) is 0 Å². The van der Waals surface area contributed by atoms with Gasteiger partial charge in [0, 0.05) is 18.2 Å². The molecule has 0 aromatic heterocycles. The molecule has 1 aromatic carbocycles. The molecular weight excluding hydrogens is 370 g/mol. The van der Waals surface area contributed by atoms with Gasteiger partial charge in [0.1, 0.15) is 15.8 Å². The Hall–Kier alpha value is -1.81. The van der Waals surface area contributed by atoms with Gasteiger partial charge in [-0.3, -0.25) is 9.69 Å². The molecule has 10 heteroatoms. The largest absolute Gasteiger partial charge is 0.435 e. The highest BCUT2D eigenvalue weighted by atomic mass is 32.2. The fourth-order valence-electron chi connectivity index (χ4n) is 1.92. The Kier molecular flexibility index (Phi) is 6.05. The molecule has 2 rings (SSSR count). The van der Waals surface area contributed by atoms with Gasteiger partial charge in [0.15, 0.2) is 0 Å². The molecule has 0 atom stereocenters. The van der Waals surface area contributed by atoms with Crippen LogP contribution in [0.15, 0.2) is 23.1 Å². The van der Waals surface area contributed by atoms with E-state index in [9.17, 15) is 22.4 Å². The van der Waals surface area contributed by atoms with E-state index in [2.05, 4.69) is 9.47 Å². The maximum Gasteiger partial charge on any atom is 0.387 e. The van der Waals surface area contributed by atoms with Crippen LogP contribution in [0, 0.1) is 0 Å². The molecule has 0 bridgehead atoms. The predicted molar refractivity (Wildman–Crippen MR) is 85.3 cm³/mol. The molecule has 130 valence electrons. The van der Waals surface area contributed by atoms with Gasteiger partial charge < -0.3 is 9.47 Å². The van der Waals surface area contributed by atoms with Crippen LogP contribution in [-0.2, 0) is 4.79 Å². The summed E-state index contributed by atoms with van der Waals surface area (Å²) in [6, 6.07) is 3.32. The number of thioether (sulfide) groups is 1. The molecular formula is C14H11F4NO3S2. The lowest BCUT2D eigenvalue weighted by atomic mass is 10.1. The van der Waals surface area contributed by atoms with E-state index in [1.165, 1.54) is 17.0 Å². The van der Waals surface area contributed by atoms with Crippen molar-refractivity contribution in [1.29, 1.82) is 0 Å². The summed E-state index contributed by atoms with van der Waals surface area (Å²) in [5, 5.41) is 0. The number of carbonyl (C=O) groups excluding carboxylic acids is 1. The van der Waals surface area contributed by atoms with E-state index in [-0.39, 0.29) is 27.9 Å². The number of alkyl halides is 4. The van der Waals surface area contributed by atoms with Crippen molar-refractivity contribution in [3.8, 4) is 11.5 Å². The van der Waals surface area contributed by atoms with E-state index in [0.29, 0.717) is 10.9 Å². The molecule has 1 aliphatic heterocycles. The second-order valence-corrected chi connectivity index (χ2v) is 6.06. The van der Waals surface area contributed by atoms with Crippen LogP contribution < -0.4 is 9.47 Å². The highest BCUT2D eigenvalue weighted by Crippen LogP contribution is 2.35. The van der Waals surface area contributed by atoms with Gasteiger partial charge in [-0.25, -0.2) is 0 Å². The Morgan fingerprint density at radius 2 is 1.92 bits per heavy atom. The monoisotopic (exact) mass is 381 g/mol. The number of halogens is 4. The number of hydrogen-bond donors (Lipinski definition) is 0. The second-order valence-electron chi connectivity index (χ2n) is 4.38. The number of nitrogens with zero attached hydrogens (tertiary/aromatic N) is 1. The molecule has 0 aliphatic carbocycles. The van der Waals surface area contributed by atoms with Crippen LogP contribution in [0.1, 0.15) is 12.5 Å². The normalized spacial score (nSPS) is 16.6. The van der Waals surface area contributed by atoms with Crippen LogP contribution in [0.5, 0.6) is 11.5 Å². The Morgan fingerprint density at radius 1 is 1.25 bits per heavy atom. The first-order valence-corrected chi connectivity index (χ1v) is 7.83. The maximum absolute atomic E-state index is 12.5. The van der Waals surface area contributed by atoms with E-state index >= 15 is 0 Å². The summed E-state index contributed by atoms with van der Waals surface area (Å²) in [5.41, 5.74) is 0.119. The lowest BCUT2D eigenvalue weighted by Crippen LogP contribution is -2.27. The van der Waals surface area contributed by atoms with Crippen LogP contribution in [-0.4, -0.2) is 34.9 Å². The first-order valence-electron chi connectivity index (χ1n) is 6.60. The van der Waals surface area contributed by atoms with Crippen molar-refractivity contribution in [2.24, 2.45) is 0 Å². The molecule has 0 saturated carbocycles. The van der Waals surface area contributed by atoms with Crippen molar-refractivity contribution in [2.75, 3.05) is 6.54 Å². The van der Waals surface area contributed by atoms with Crippen molar-refractivity contribution in [3.05, 3.63) is 28.7 Å². The third-order valence-corrected chi connectivity index (χ3v) is 4.28. The highest BCUT2D eigenvalue weighted by molar-refractivity contribution is 8.26. The SMILES string of the molecule is CCN1C(=O)/C(=C/c2ccc(OC(F)F)cc2OC(F)F)SC1=S. The molecule has 1 aromatic rings. The lowest BCUT2D eigenvalue weighted by Gasteiger charge is -2.12. The summed E-state index contributed by atoms with van der Waals surface area (Å²) in [5.74, 6) is -1.08. The molecule has 0 radical (unpaired) electrons. The fourth-order valence-corrected chi connectivity index (χ4v) is 3.30. The molecule has 1 heterocycles. The number of benzene rings is 1. The van der Waals surface area contributed by atoms with Crippen LogP contribution in [0.4, 0.5) is 17.6 Å². The van der Waals surface area contributed by atoms with Gasteiger partial charge in [0.05, 0.1) is 4.91 Å². The molecule has 24 heavy (non-hydrogen) atoms. The first-order chi connectivity index (χ1) is 11.3. The molecule has 1 saturated heterocycles. The molecule has 0 unspecified atom stereocenters. The van der Waals surface area contributed by atoms with E-state index in [0.717, 1.165) is 23.9 Å². The van der Waals surface area contributed by atoms with Crippen molar-refractivity contribution in [2.45, 2.75) is 20.1 Å². The van der Waals surface area contributed by atoms with Gasteiger partial charge in [-0.2, -0.15) is 17.6 Å². The van der Waals surface area contributed by atoms with Gasteiger partial charge in [-0.15, -0.1) is 0 Å². The van der Waals surface area contributed by atoms with Crippen molar-refractivity contribution in [3.63, 3.8) is 0 Å². The summed E-state index contributed by atoms with van der Waals surface area (Å²) < 4.78 is 58.3. The molecule has 0 spiro atoms. The fraction of sp³-hybridized carbons (Fsp3) is 0.286. The summed E-state index contributed by atoms with van der Waals surface area (Å²) in [6.45, 7) is -4.14. The third-order valence-electron chi connectivity index (χ3n) is 2.90. The zero-order valence-electron chi connectivity index (χ0n) is 12.2. The van der Waals surface area contributed by atoms with Gasteiger partial charge in [-0.1, -0.05) is 24.0 Å². The van der Waals surface area contributed by atoms with Crippen LogP contribution in [0.2, 0.25) is 0 Å². The zero-order chi connectivity index (χ0) is 17.9. The summed E-state index contributed by atoms with van der Waals surface area (Å²) >= 11 is 6.07. The van der Waals surface area contributed by atoms with Crippen molar-refractivity contribution < 1.29 is 31.8 Å². The Balaban J connectivity index is 2.37. The zero-order valence-corrected chi connectivity index (χ0v) is 13.8. The average Bonchev–Trinajstić information content (AvgIpc) is 2.74. The minimum Gasteiger partial charge on any atom is -0.435 e. The third kappa shape index (κ3) is 4.38. The molecule has 1 amide bonds. The van der Waals surface area contributed by atoms with Crippen LogP contribution in [0.3, 0.4) is 0 Å². The Morgan fingerprint density at radius 3 is 2.46 bits per heavy atom. The number of amides is 1. The number of hydrogen-bond acceptors (Lipinski definition) is 5. The number of carbonyl (C=O) groups is 1. The molecule has 4 nitrogen and oxygen atoms in total. The van der Waals surface area contributed by atoms with Gasteiger partial charge in [-0.05, 0) is 25.1 Å². The minimum atomic E-state index is -3.16. The van der Waals surface area contributed by atoms with E-state index < -0.39 is 13.2 Å². The standard InChI is InChI=1S/C14H11F4NO3S2/c1-2-19-11(20)10(24-14(19)23)5-7-3-4-8(21-12(15)16)6-9(7)22-13(17)18/h3-6,12-13H,2H2,1H3/b10-5-. The molecule has 1 fully saturated rings. The second kappa shape index (κ2) is 7.84. The number of likely N-dealkylation sites (N-methyl/N-ethyl adjacent to an activating group) is 1. The maximum atomic E-state index is 12.5. The Labute approximate surface area is 144 Å². The van der Waals surface area contributed by atoms with Gasteiger partial charge >= 0.3 is 13.2 Å². The summed E-state index contributed by atoms with van der Waals surface area (Å²) in [6.07, 6.45) is 1.32. The molecule has 1 aliphatic rings. The highest BCUT2D eigenvalue weighted by Gasteiger charge is 2.31. The number of ether oxygens (including phenoxy) is 2. The van der Waals surface area contributed by atoms with Crippen LogP contribution >= 0.6 is 24.0 Å². The van der Waals surface area contributed by atoms with Crippen molar-refractivity contribution in [1.82, 2.24) is 4.90 Å². The first kappa shape index (κ1) is 18.5. The van der Waals surface area contributed by atoms with Crippen LogP contribution in [0.25, 0.3) is 6.08 Å². The average molecular weight is 381 g/mol. The number of rotatable bonds is 6. The topological polar surface area (TPSA) is 38.8 Å². The Bertz CT molecular complexity index is 682. The molecule has 0 N–H and O–H groups in total. The lowest BCUT2D eigenvalue weighted by molar-refractivity contribution is -0.122.